The molecule has 2 heterocycles. The lowest BCUT2D eigenvalue weighted by Gasteiger charge is -2.04. The van der Waals surface area contributed by atoms with Crippen molar-refractivity contribution >= 4 is 11.3 Å². The van der Waals surface area contributed by atoms with Crippen LogP contribution in [-0.4, -0.2) is 21.6 Å². The van der Waals surface area contributed by atoms with E-state index < -0.39 is 0 Å². The molecule has 1 atom stereocenters. The number of hydrogen-bond acceptors (Lipinski definition) is 4. The molecule has 4 nitrogen and oxygen atoms in total. The molecule has 15 heavy (non-hydrogen) atoms. The van der Waals surface area contributed by atoms with Crippen LogP contribution in [0.1, 0.15) is 18.7 Å². The molecule has 0 aliphatic carbocycles. The summed E-state index contributed by atoms with van der Waals surface area (Å²) in [5.74, 6) is 0. The molecule has 2 rings (SSSR count). The van der Waals surface area contributed by atoms with Gasteiger partial charge in [0.15, 0.2) is 0 Å². The smallest absolute Gasteiger partial charge is 0.141 e. The van der Waals surface area contributed by atoms with E-state index in [0.717, 1.165) is 16.4 Å². The van der Waals surface area contributed by atoms with E-state index in [1.54, 1.807) is 17.7 Å². The van der Waals surface area contributed by atoms with Gasteiger partial charge in [-0.2, -0.15) is 0 Å². The average molecular weight is 222 g/mol. The molecule has 0 spiro atoms. The Morgan fingerprint density at radius 1 is 1.53 bits per heavy atom. The predicted molar refractivity (Wildman–Crippen MR) is 61.8 cm³/mol. The molecule has 0 fully saturated rings. The van der Waals surface area contributed by atoms with E-state index in [4.69, 9.17) is 0 Å². The van der Waals surface area contributed by atoms with Gasteiger partial charge in [-0.3, -0.25) is 0 Å². The van der Waals surface area contributed by atoms with Gasteiger partial charge in [0.2, 0.25) is 0 Å². The fourth-order valence-electron chi connectivity index (χ4n) is 1.31. The van der Waals surface area contributed by atoms with Crippen molar-refractivity contribution in [2.75, 3.05) is 7.05 Å². The van der Waals surface area contributed by atoms with Crippen molar-refractivity contribution in [1.29, 1.82) is 0 Å². The van der Waals surface area contributed by atoms with Gasteiger partial charge in [0, 0.05) is 18.5 Å². The molecule has 1 unspecified atom stereocenters. The van der Waals surface area contributed by atoms with E-state index >= 15 is 0 Å². The van der Waals surface area contributed by atoms with Crippen LogP contribution in [0.25, 0.3) is 10.7 Å². The minimum absolute atomic E-state index is 0.295. The largest absolute Gasteiger partial charge is 0.332 e. The van der Waals surface area contributed by atoms with E-state index in [1.807, 2.05) is 24.9 Å². The fourth-order valence-corrected chi connectivity index (χ4v) is 2.28. The molecule has 0 aromatic carbocycles. The Labute approximate surface area is 93.0 Å². The first-order chi connectivity index (χ1) is 7.22. The van der Waals surface area contributed by atoms with Crippen LogP contribution in [0.4, 0.5) is 0 Å². The van der Waals surface area contributed by atoms with E-state index in [2.05, 4.69) is 27.6 Å². The summed E-state index contributed by atoms with van der Waals surface area (Å²) in [6.07, 6.45) is 3.63. The summed E-state index contributed by atoms with van der Waals surface area (Å²) in [4.78, 5) is 8.67. The molecule has 80 valence electrons. The Morgan fingerprint density at radius 3 is 2.93 bits per heavy atom. The monoisotopic (exact) mass is 222 g/mol. The predicted octanol–water partition coefficient (Wildman–Crippen LogP) is 1.82. The maximum absolute atomic E-state index is 4.58. The van der Waals surface area contributed by atoms with Gasteiger partial charge < -0.3 is 9.88 Å². The first kappa shape index (κ1) is 10.3. The summed E-state index contributed by atoms with van der Waals surface area (Å²) < 4.78 is 1.98. The summed E-state index contributed by atoms with van der Waals surface area (Å²) in [7, 11) is 3.92. The number of aromatic nitrogens is 3. The molecule has 2 aromatic rings. The van der Waals surface area contributed by atoms with Gasteiger partial charge in [0.1, 0.15) is 5.01 Å². The summed E-state index contributed by atoms with van der Waals surface area (Å²) in [6, 6.07) is 0.295. The zero-order valence-electron chi connectivity index (χ0n) is 9.06. The molecule has 2 aromatic heterocycles. The van der Waals surface area contributed by atoms with Crippen LogP contribution in [-0.2, 0) is 7.05 Å². The highest BCUT2D eigenvalue weighted by Gasteiger charge is 2.11. The lowest BCUT2D eigenvalue weighted by atomic mass is 10.3. The first-order valence-electron chi connectivity index (χ1n) is 4.81. The summed E-state index contributed by atoms with van der Waals surface area (Å²) in [6.45, 7) is 2.10. The summed E-state index contributed by atoms with van der Waals surface area (Å²) in [5, 5.41) is 6.28. The van der Waals surface area contributed by atoms with Crippen molar-refractivity contribution in [2.24, 2.45) is 7.05 Å². The first-order valence-corrected chi connectivity index (χ1v) is 5.69. The Kier molecular flexibility index (Phi) is 2.83. The Hall–Kier alpha value is -1.20. The molecule has 0 aliphatic rings. The SMILES string of the molecule is CNC(C)c1csc(-c2cncn2C)n1. The molecule has 0 saturated heterocycles. The number of thiazole rings is 1. The van der Waals surface area contributed by atoms with E-state index in [1.165, 1.54) is 0 Å². The lowest BCUT2D eigenvalue weighted by Crippen LogP contribution is -2.12. The lowest BCUT2D eigenvalue weighted by molar-refractivity contribution is 0.637. The molecular formula is C10H14N4S. The van der Waals surface area contributed by atoms with Crippen LogP contribution in [0, 0.1) is 0 Å². The van der Waals surface area contributed by atoms with E-state index in [0.29, 0.717) is 6.04 Å². The summed E-state index contributed by atoms with van der Waals surface area (Å²) >= 11 is 1.65. The molecule has 1 N–H and O–H groups in total. The van der Waals surface area contributed by atoms with Gasteiger partial charge in [-0.05, 0) is 14.0 Å². The normalized spacial score (nSPS) is 13.0. The van der Waals surface area contributed by atoms with Gasteiger partial charge >= 0.3 is 0 Å². The molecular weight excluding hydrogens is 208 g/mol. The van der Waals surface area contributed by atoms with Crippen LogP contribution in [0.2, 0.25) is 0 Å². The zero-order valence-corrected chi connectivity index (χ0v) is 9.88. The third kappa shape index (κ3) is 1.93. The highest BCUT2D eigenvalue weighted by atomic mass is 32.1. The Balaban J connectivity index is 2.32. The highest BCUT2D eigenvalue weighted by Crippen LogP contribution is 2.25. The van der Waals surface area contributed by atoms with Crippen LogP contribution >= 0.6 is 11.3 Å². The van der Waals surface area contributed by atoms with Crippen molar-refractivity contribution in [3.8, 4) is 10.7 Å². The molecule has 5 heteroatoms. The topological polar surface area (TPSA) is 42.7 Å². The Bertz CT molecular complexity index is 446. The second-order valence-electron chi connectivity index (χ2n) is 3.48. The second-order valence-corrected chi connectivity index (χ2v) is 4.34. The van der Waals surface area contributed by atoms with Crippen molar-refractivity contribution in [1.82, 2.24) is 19.9 Å². The van der Waals surface area contributed by atoms with Gasteiger partial charge in [-0.25, -0.2) is 9.97 Å². The third-order valence-electron chi connectivity index (χ3n) is 2.43. The van der Waals surface area contributed by atoms with Crippen LogP contribution in [0.15, 0.2) is 17.9 Å². The van der Waals surface area contributed by atoms with Crippen molar-refractivity contribution in [3.63, 3.8) is 0 Å². The minimum atomic E-state index is 0.295. The number of imidazole rings is 1. The number of nitrogens with one attached hydrogen (secondary N) is 1. The number of nitrogens with zero attached hydrogens (tertiary/aromatic N) is 3. The van der Waals surface area contributed by atoms with Crippen LogP contribution in [0.5, 0.6) is 0 Å². The maximum Gasteiger partial charge on any atom is 0.141 e. The van der Waals surface area contributed by atoms with Crippen LogP contribution < -0.4 is 5.32 Å². The number of rotatable bonds is 3. The van der Waals surface area contributed by atoms with Crippen molar-refractivity contribution < 1.29 is 0 Å². The average Bonchev–Trinajstić information content (AvgIpc) is 2.84. The quantitative estimate of drug-likeness (QED) is 0.861. The maximum atomic E-state index is 4.58. The fraction of sp³-hybridized carbons (Fsp3) is 0.400. The standard InChI is InChI=1S/C10H14N4S/c1-7(11-2)8-5-15-10(13-8)9-4-12-6-14(9)3/h4-7,11H,1-3H3. The molecule has 0 radical (unpaired) electrons. The molecule has 0 bridgehead atoms. The van der Waals surface area contributed by atoms with E-state index in [-0.39, 0.29) is 0 Å². The molecule has 0 saturated carbocycles. The van der Waals surface area contributed by atoms with Crippen molar-refractivity contribution in [3.05, 3.63) is 23.6 Å². The van der Waals surface area contributed by atoms with Gasteiger partial charge in [-0.1, -0.05) is 0 Å². The highest BCUT2D eigenvalue weighted by molar-refractivity contribution is 7.13. The van der Waals surface area contributed by atoms with Crippen molar-refractivity contribution in [2.45, 2.75) is 13.0 Å². The van der Waals surface area contributed by atoms with Gasteiger partial charge in [0.25, 0.3) is 0 Å². The summed E-state index contributed by atoms with van der Waals surface area (Å²) in [5.41, 5.74) is 2.15. The number of hydrogen-bond donors (Lipinski definition) is 1. The zero-order chi connectivity index (χ0) is 10.8. The van der Waals surface area contributed by atoms with Gasteiger partial charge in [0.05, 0.1) is 23.9 Å². The second kappa shape index (κ2) is 4.12. The number of aryl methyl sites for hydroxylation is 1. The molecule has 0 amide bonds. The third-order valence-corrected chi connectivity index (χ3v) is 3.32. The van der Waals surface area contributed by atoms with E-state index in [9.17, 15) is 0 Å². The van der Waals surface area contributed by atoms with Gasteiger partial charge in [-0.15, -0.1) is 11.3 Å². The Morgan fingerprint density at radius 2 is 2.33 bits per heavy atom. The van der Waals surface area contributed by atoms with Crippen LogP contribution in [0.3, 0.4) is 0 Å². The molecule has 0 aliphatic heterocycles. The minimum Gasteiger partial charge on any atom is -0.332 e.